The lowest BCUT2D eigenvalue weighted by molar-refractivity contribution is 0.0938. The summed E-state index contributed by atoms with van der Waals surface area (Å²) in [5.41, 5.74) is 1.59. The van der Waals surface area contributed by atoms with Gasteiger partial charge in [0.25, 0.3) is 11.8 Å². The molecule has 1 heterocycles. The molecule has 162 valence electrons. The molecule has 2 amide bonds. The number of rotatable bonds is 7. The molecule has 8 nitrogen and oxygen atoms in total. The fourth-order valence-corrected chi connectivity index (χ4v) is 3.74. The predicted molar refractivity (Wildman–Crippen MR) is 116 cm³/mol. The molecule has 1 atom stereocenters. The largest absolute Gasteiger partial charge is 0.459 e. The lowest BCUT2D eigenvalue weighted by Gasteiger charge is -2.16. The highest BCUT2D eigenvalue weighted by atomic mass is 32.2. The van der Waals surface area contributed by atoms with Crippen molar-refractivity contribution in [2.24, 2.45) is 0 Å². The summed E-state index contributed by atoms with van der Waals surface area (Å²) in [6.45, 7) is 1.80. The maximum absolute atomic E-state index is 12.7. The molecule has 0 bridgehead atoms. The van der Waals surface area contributed by atoms with E-state index in [1.807, 2.05) is 0 Å². The maximum atomic E-state index is 12.7. The van der Waals surface area contributed by atoms with Gasteiger partial charge in [-0.15, -0.1) is 0 Å². The van der Waals surface area contributed by atoms with Crippen molar-refractivity contribution in [2.45, 2.75) is 17.9 Å². The van der Waals surface area contributed by atoms with Gasteiger partial charge in [-0.3, -0.25) is 9.59 Å². The predicted octanol–water partition coefficient (Wildman–Crippen LogP) is 3.27. The first-order valence-corrected chi connectivity index (χ1v) is 10.9. The van der Waals surface area contributed by atoms with E-state index in [2.05, 4.69) is 10.6 Å². The van der Waals surface area contributed by atoms with Gasteiger partial charge in [0, 0.05) is 25.3 Å². The number of furan rings is 1. The molecule has 9 heteroatoms. The average Bonchev–Trinajstić information content (AvgIpc) is 3.29. The van der Waals surface area contributed by atoms with Crippen LogP contribution in [0.5, 0.6) is 0 Å². The molecule has 3 rings (SSSR count). The van der Waals surface area contributed by atoms with Crippen LogP contribution in [0.2, 0.25) is 0 Å². The lowest BCUT2D eigenvalue weighted by atomic mass is 10.1. The van der Waals surface area contributed by atoms with E-state index in [0.29, 0.717) is 11.3 Å². The normalized spacial score (nSPS) is 12.4. The molecule has 31 heavy (non-hydrogen) atoms. The van der Waals surface area contributed by atoms with Crippen LogP contribution < -0.4 is 10.6 Å². The summed E-state index contributed by atoms with van der Waals surface area (Å²) in [5, 5.41) is 5.55. The van der Waals surface area contributed by atoms with Crippen LogP contribution in [0.3, 0.4) is 0 Å². The van der Waals surface area contributed by atoms with Crippen LogP contribution in [0.4, 0.5) is 5.69 Å². The van der Waals surface area contributed by atoms with Gasteiger partial charge < -0.3 is 15.1 Å². The van der Waals surface area contributed by atoms with E-state index in [4.69, 9.17) is 4.42 Å². The molecule has 2 N–H and O–H groups in total. The Morgan fingerprint density at radius 1 is 0.968 bits per heavy atom. The Balaban J connectivity index is 1.68. The van der Waals surface area contributed by atoms with Crippen molar-refractivity contribution >= 4 is 27.5 Å². The monoisotopic (exact) mass is 441 g/mol. The summed E-state index contributed by atoms with van der Waals surface area (Å²) in [5.74, 6) is -0.571. The molecule has 0 spiro atoms. The van der Waals surface area contributed by atoms with E-state index < -0.39 is 15.9 Å². The van der Waals surface area contributed by atoms with Gasteiger partial charge in [0.1, 0.15) is 0 Å². The molecule has 3 aromatic rings. The molecule has 0 fully saturated rings. The first kappa shape index (κ1) is 22.3. The first-order chi connectivity index (χ1) is 14.7. The summed E-state index contributed by atoms with van der Waals surface area (Å²) in [6.07, 6.45) is 1.41. The van der Waals surface area contributed by atoms with Crippen molar-refractivity contribution in [1.82, 2.24) is 9.62 Å². The molecular formula is C22H23N3O5S. The van der Waals surface area contributed by atoms with Gasteiger partial charge in [-0.2, -0.15) is 0 Å². The Morgan fingerprint density at radius 3 is 2.29 bits per heavy atom. The van der Waals surface area contributed by atoms with Gasteiger partial charge in [-0.05, 0) is 55.0 Å². The highest BCUT2D eigenvalue weighted by Crippen LogP contribution is 2.19. The van der Waals surface area contributed by atoms with E-state index >= 15 is 0 Å². The molecule has 0 saturated heterocycles. The van der Waals surface area contributed by atoms with Gasteiger partial charge in [-0.1, -0.05) is 18.2 Å². The zero-order valence-electron chi connectivity index (χ0n) is 17.3. The zero-order valence-corrected chi connectivity index (χ0v) is 18.1. The number of nitrogens with zero attached hydrogens (tertiary/aromatic N) is 1. The SMILES string of the molecule is CC(NC(=O)c1cccc(NC(=O)c2ccco2)c1)c1ccc(S(=O)(=O)N(C)C)cc1. The summed E-state index contributed by atoms with van der Waals surface area (Å²) in [7, 11) is -0.573. The average molecular weight is 442 g/mol. The van der Waals surface area contributed by atoms with Gasteiger partial charge in [0.15, 0.2) is 5.76 Å². The summed E-state index contributed by atoms with van der Waals surface area (Å²) < 4.78 is 30.6. The Labute approximate surface area is 180 Å². The smallest absolute Gasteiger partial charge is 0.291 e. The lowest BCUT2D eigenvalue weighted by Crippen LogP contribution is -2.27. The number of carbonyl (C=O) groups is 2. The van der Waals surface area contributed by atoms with Crippen molar-refractivity contribution in [1.29, 1.82) is 0 Å². The minimum Gasteiger partial charge on any atom is -0.459 e. The number of sulfonamides is 1. The van der Waals surface area contributed by atoms with Crippen LogP contribution in [0.25, 0.3) is 0 Å². The summed E-state index contributed by atoms with van der Waals surface area (Å²) in [4.78, 5) is 25.0. The first-order valence-electron chi connectivity index (χ1n) is 9.47. The van der Waals surface area contributed by atoms with Crippen LogP contribution in [0.1, 0.15) is 39.4 Å². The second-order valence-electron chi connectivity index (χ2n) is 7.06. The Bertz CT molecular complexity index is 1170. The quantitative estimate of drug-likeness (QED) is 0.585. The van der Waals surface area contributed by atoms with Crippen molar-refractivity contribution in [3.63, 3.8) is 0 Å². The number of hydrogen-bond acceptors (Lipinski definition) is 5. The molecule has 0 aliphatic heterocycles. The Hall–Kier alpha value is -3.43. The van der Waals surface area contributed by atoms with Crippen molar-refractivity contribution < 1.29 is 22.4 Å². The van der Waals surface area contributed by atoms with E-state index in [9.17, 15) is 18.0 Å². The van der Waals surface area contributed by atoms with Crippen molar-refractivity contribution in [3.05, 3.63) is 83.8 Å². The second-order valence-corrected chi connectivity index (χ2v) is 9.22. The Morgan fingerprint density at radius 2 is 1.68 bits per heavy atom. The number of benzene rings is 2. The molecular weight excluding hydrogens is 418 g/mol. The Kier molecular flexibility index (Phi) is 6.57. The van der Waals surface area contributed by atoms with Crippen molar-refractivity contribution in [3.8, 4) is 0 Å². The van der Waals surface area contributed by atoms with E-state index in [-0.39, 0.29) is 22.6 Å². The molecule has 0 aliphatic carbocycles. The fraction of sp³-hybridized carbons (Fsp3) is 0.182. The van der Waals surface area contributed by atoms with Crippen LogP contribution in [0, 0.1) is 0 Å². The zero-order chi connectivity index (χ0) is 22.6. The van der Waals surface area contributed by atoms with Crippen molar-refractivity contribution in [2.75, 3.05) is 19.4 Å². The molecule has 0 aliphatic rings. The van der Waals surface area contributed by atoms with E-state index in [0.717, 1.165) is 9.87 Å². The number of anilines is 1. The number of amides is 2. The van der Waals surface area contributed by atoms with Crippen LogP contribution in [0.15, 0.2) is 76.2 Å². The number of carbonyl (C=O) groups excluding carboxylic acids is 2. The molecule has 1 unspecified atom stereocenters. The summed E-state index contributed by atoms with van der Waals surface area (Å²) >= 11 is 0. The van der Waals surface area contributed by atoms with Gasteiger partial charge in [0.2, 0.25) is 10.0 Å². The van der Waals surface area contributed by atoms with Crippen LogP contribution in [-0.4, -0.2) is 38.6 Å². The highest BCUT2D eigenvalue weighted by Gasteiger charge is 2.18. The van der Waals surface area contributed by atoms with Gasteiger partial charge in [-0.25, -0.2) is 12.7 Å². The van der Waals surface area contributed by atoms with Gasteiger partial charge >= 0.3 is 0 Å². The number of nitrogens with one attached hydrogen (secondary N) is 2. The second kappa shape index (κ2) is 9.15. The van der Waals surface area contributed by atoms with Gasteiger partial charge in [0.05, 0.1) is 17.2 Å². The van der Waals surface area contributed by atoms with E-state index in [1.54, 1.807) is 55.5 Å². The third-order valence-electron chi connectivity index (χ3n) is 4.63. The third kappa shape index (κ3) is 5.19. The molecule has 2 aromatic carbocycles. The standard InChI is InChI=1S/C22H23N3O5S/c1-15(16-9-11-19(12-10-16)31(28,29)25(2)3)23-21(26)17-6-4-7-18(14-17)24-22(27)20-8-5-13-30-20/h4-15H,1-3H3,(H,23,26)(H,24,27). The van der Waals surface area contributed by atoms with Crippen LogP contribution in [-0.2, 0) is 10.0 Å². The topological polar surface area (TPSA) is 109 Å². The number of hydrogen-bond donors (Lipinski definition) is 2. The fourth-order valence-electron chi connectivity index (χ4n) is 2.84. The summed E-state index contributed by atoms with van der Waals surface area (Å²) in [6, 6.07) is 15.7. The maximum Gasteiger partial charge on any atom is 0.291 e. The third-order valence-corrected chi connectivity index (χ3v) is 6.46. The highest BCUT2D eigenvalue weighted by molar-refractivity contribution is 7.89. The molecule has 0 saturated carbocycles. The molecule has 1 aromatic heterocycles. The minimum absolute atomic E-state index is 0.170. The van der Waals surface area contributed by atoms with E-state index in [1.165, 1.54) is 32.5 Å². The minimum atomic E-state index is -3.51. The van der Waals surface area contributed by atoms with Crippen LogP contribution >= 0.6 is 0 Å². The molecule has 0 radical (unpaired) electrons.